The van der Waals surface area contributed by atoms with Crippen molar-refractivity contribution in [1.29, 1.82) is 0 Å². The molecule has 2 aliphatic heterocycles. The van der Waals surface area contributed by atoms with E-state index in [9.17, 15) is 13.5 Å². The molecule has 26 heavy (non-hydrogen) atoms. The first-order valence-corrected chi connectivity index (χ1v) is 10.9. The van der Waals surface area contributed by atoms with E-state index in [1.807, 2.05) is 19.1 Å². The summed E-state index contributed by atoms with van der Waals surface area (Å²) in [5, 5.41) is 10.1. The highest BCUT2D eigenvalue weighted by molar-refractivity contribution is 7.89. The number of rotatable bonds is 4. The van der Waals surface area contributed by atoms with E-state index in [2.05, 4.69) is 0 Å². The van der Waals surface area contributed by atoms with Gasteiger partial charge in [-0.1, -0.05) is 12.1 Å². The standard InChI is InChI=1S/C19H30N2O4S/c1-12(2)26(23,24)21-8-6-14(7-9-21)17-10-16-15(18(11-20)25-17)5-4-13(3)19(16)22/h4-5,12,14,17-18,22H,6-11,20H2,1-3H3/t17-,18-/m0/s1. The van der Waals surface area contributed by atoms with Crippen LogP contribution in [-0.4, -0.2) is 48.8 Å². The molecule has 0 unspecified atom stereocenters. The molecule has 1 saturated heterocycles. The number of hydrogen-bond donors (Lipinski definition) is 2. The fourth-order valence-electron chi connectivity index (χ4n) is 4.08. The number of aryl methyl sites for hydroxylation is 1. The van der Waals surface area contributed by atoms with E-state index in [4.69, 9.17) is 10.5 Å². The van der Waals surface area contributed by atoms with E-state index in [-0.39, 0.29) is 18.1 Å². The molecule has 2 heterocycles. The normalized spacial score (nSPS) is 25.4. The average Bonchev–Trinajstić information content (AvgIpc) is 2.64. The Morgan fingerprint density at radius 3 is 2.54 bits per heavy atom. The van der Waals surface area contributed by atoms with Gasteiger partial charge in [-0.15, -0.1) is 0 Å². The number of fused-ring (bicyclic) bond motifs is 1. The molecule has 0 aromatic heterocycles. The van der Waals surface area contributed by atoms with Gasteiger partial charge >= 0.3 is 0 Å². The van der Waals surface area contributed by atoms with Gasteiger partial charge in [0.25, 0.3) is 0 Å². The monoisotopic (exact) mass is 382 g/mol. The Hall–Kier alpha value is -1.15. The van der Waals surface area contributed by atoms with Gasteiger partial charge in [-0.2, -0.15) is 0 Å². The highest BCUT2D eigenvalue weighted by atomic mass is 32.2. The van der Waals surface area contributed by atoms with Crippen molar-refractivity contribution in [2.75, 3.05) is 19.6 Å². The lowest BCUT2D eigenvalue weighted by atomic mass is 9.83. The first kappa shape index (κ1) is 19.6. The van der Waals surface area contributed by atoms with Crippen molar-refractivity contribution in [3.8, 4) is 5.75 Å². The molecule has 1 aromatic carbocycles. The molecule has 146 valence electrons. The summed E-state index contributed by atoms with van der Waals surface area (Å²) in [7, 11) is -3.20. The summed E-state index contributed by atoms with van der Waals surface area (Å²) in [6.45, 7) is 6.77. The van der Waals surface area contributed by atoms with Crippen LogP contribution in [-0.2, 0) is 21.2 Å². The van der Waals surface area contributed by atoms with Gasteiger partial charge in [0.2, 0.25) is 10.0 Å². The Bertz CT molecular complexity index is 755. The summed E-state index contributed by atoms with van der Waals surface area (Å²) in [6, 6.07) is 3.89. The van der Waals surface area contributed by atoms with Crippen LogP contribution in [0.25, 0.3) is 0 Å². The third kappa shape index (κ3) is 3.50. The smallest absolute Gasteiger partial charge is 0.216 e. The van der Waals surface area contributed by atoms with Crippen molar-refractivity contribution in [2.45, 2.75) is 57.5 Å². The minimum absolute atomic E-state index is 0.0346. The lowest BCUT2D eigenvalue weighted by Crippen LogP contribution is -2.45. The van der Waals surface area contributed by atoms with Crippen LogP contribution in [0.15, 0.2) is 12.1 Å². The summed E-state index contributed by atoms with van der Waals surface area (Å²) < 4.78 is 32.6. The van der Waals surface area contributed by atoms with Crippen LogP contribution < -0.4 is 5.73 Å². The lowest BCUT2D eigenvalue weighted by molar-refractivity contribution is -0.0612. The summed E-state index contributed by atoms with van der Waals surface area (Å²) >= 11 is 0. The van der Waals surface area contributed by atoms with Crippen LogP contribution in [0.2, 0.25) is 0 Å². The Balaban J connectivity index is 1.75. The van der Waals surface area contributed by atoms with Gasteiger partial charge in [0.15, 0.2) is 0 Å². The number of benzene rings is 1. The molecule has 3 N–H and O–H groups in total. The second-order valence-corrected chi connectivity index (χ2v) is 10.2. The number of piperidine rings is 1. The van der Waals surface area contributed by atoms with Crippen LogP contribution in [0, 0.1) is 12.8 Å². The number of phenols is 1. The van der Waals surface area contributed by atoms with Crippen LogP contribution in [0.1, 0.15) is 49.5 Å². The molecule has 2 atom stereocenters. The van der Waals surface area contributed by atoms with Gasteiger partial charge in [-0.25, -0.2) is 12.7 Å². The molecule has 1 fully saturated rings. The molecule has 7 heteroatoms. The van der Waals surface area contributed by atoms with Crippen molar-refractivity contribution in [3.05, 3.63) is 28.8 Å². The van der Waals surface area contributed by atoms with Crippen LogP contribution >= 0.6 is 0 Å². The zero-order valence-electron chi connectivity index (χ0n) is 15.8. The number of nitrogens with two attached hydrogens (primary N) is 1. The molecule has 0 radical (unpaired) electrons. The number of nitrogens with zero attached hydrogens (tertiary/aromatic N) is 1. The topological polar surface area (TPSA) is 92.9 Å². The van der Waals surface area contributed by atoms with E-state index < -0.39 is 15.3 Å². The van der Waals surface area contributed by atoms with Gasteiger partial charge in [0, 0.05) is 31.6 Å². The minimum Gasteiger partial charge on any atom is -0.507 e. The largest absolute Gasteiger partial charge is 0.507 e. The highest BCUT2D eigenvalue weighted by Crippen LogP contribution is 2.40. The van der Waals surface area contributed by atoms with Gasteiger partial charge in [-0.05, 0) is 50.7 Å². The number of sulfonamides is 1. The highest BCUT2D eigenvalue weighted by Gasteiger charge is 2.37. The van der Waals surface area contributed by atoms with Gasteiger partial charge < -0.3 is 15.6 Å². The van der Waals surface area contributed by atoms with Crippen molar-refractivity contribution < 1.29 is 18.3 Å². The molecule has 0 spiro atoms. The van der Waals surface area contributed by atoms with Crippen molar-refractivity contribution in [1.82, 2.24) is 4.31 Å². The van der Waals surface area contributed by atoms with Crippen LogP contribution in [0.3, 0.4) is 0 Å². The average molecular weight is 383 g/mol. The van der Waals surface area contributed by atoms with Gasteiger partial charge in [0.1, 0.15) is 5.75 Å². The maximum absolute atomic E-state index is 12.4. The molecule has 3 rings (SSSR count). The van der Waals surface area contributed by atoms with E-state index in [0.717, 1.165) is 29.5 Å². The quantitative estimate of drug-likeness (QED) is 0.832. The fourth-order valence-corrected chi connectivity index (χ4v) is 5.40. The zero-order chi connectivity index (χ0) is 19.1. The van der Waals surface area contributed by atoms with E-state index in [0.29, 0.717) is 31.8 Å². The van der Waals surface area contributed by atoms with Gasteiger partial charge in [-0.3, -0.25) is 0 Å². The zero-order valence-corrected chi connectivity index (χ0v) is 16.6. The molecular formula is C19H30N2O4S. The fraction of sp³-hybridized carbons (Fsp3) is 0.684. The first-order chi connectivity index (χ1) is 12.3. The summed E-state index contributed by atoms with van der Waals surface area (Å²) in [4.78, 5) is 0. The number of phenolic OH excluding ortho intramolecular Hbond substituents is 1. The molecular weight excluding hydrogens is 352 g/mol. The summed E-state index contributed by atoms with van der Waals surface area (Å²) in [5.74, 6) is 0.616. The molecule has 0 amide bonds. The first-order valence-electron chi connectivity index (χ1n) is 9.41. The number of hydrogen-bond acceptors (Lipinski definition) is 5. The Kier molecular flexibility index (Phi) is 5.63. The maximum Gasteiger partial charge on any atom is 0.216 e. The predicted molar refractivity (Wildman–Crippen MR) is 102 cm³/mol. The second-order valence-electron chi connectivity index (χ2n) is 7.73. The SMILES string of the molecule is Cc1ccc2c(c1O)C[C@@H](C1CCN(S(=O)(=O)C(C)C)CC1)O[C@H]2CN. The molecule has 6 nitrogen and oxygen atoms in total. The van der Waals surface area contributed by atoms with E-state index >= 15 is 0 Å². The van der Waals surface area contributed by atoms with E-state index in [1.54, 1.807) is 18.2 Å². The Morgan fingerprint density at radius 2 is 1.96 bits per heavy atom. The minimum atomic E-state index is -3.20. The number of ether oxygens (including phenoxy) is 1. The molecule has 0 aliphatic carbocycles. The van der Waals surface area contributed by atoms with Crippen molar-refractivity contribution in [3.63, 3.8) is 0 Å². The third-order valence-corrected chi connectivity index (χ3v) is 8.08. The second kappa shape index (κ2) is 7.46. The molecule has 0 saturated carbocycles. The molecule has 0 bridgehead atoms. The number of aromatic hydroxyl groups is 1. The lowest BCUT2D eigenvalue weighted by Gasteiger charge is -2.40. The molecule has 2 aliphatic rings. The molecule has 1 aromatic rings. The van der Waals surface area contributed by atoms with Gasteiger partial charge in [0.05, 0.1) is 17.5 Å². The Morgan fingerprint density at radius 1 is 1.31 bits per heavy atom. The van der Waals surface area contributed by atoms with Crippen LogP contribution in [0.5, 0.6) is 5.75 Å². The van der Waals surface area contributed by atoms with E-state index in [1.165, 1.54) is 0 Å². The van der Waals surface area contributed by atoms with Crippen molar-refractivity contribution in [2.24, 2.45) is 11.7 Å². The Labute approximate surface area is 156 Å². The third-order valence-electron chi connectivity index (χ3n) is 5.81. The summed E-state index contributed by atoms with van der Waals surface area (Å²) in [5.41, 5.74) is 8.69. The summed E-state index contributed by atoms with van der Waals surface area (Å²) in [6.07, 6.45) is 1.95. The van der Waals surface area contributed by atoms with Crippen LogP contribution in [0.4, 0.5) is 0 Å². The van der Waals surface area contributed by atoms with Crippen molar-refractivity contribution >= 4 is 10.0 Å². The predicted octanol–water partition coefficient (Wildman–Crippen LogP) is 2.09. The maximum atomic E-state index is 12.4.